The van der Waals surface area contributed by atoms with Gasteiger partial charge in [-0.1, -0.05) is 19.1 Å². The zero-order chi connectivity index (χ0) is 17.7. The maximum absolute atomic E-state index is 12.0. The molecule has 2 amide bonds. The quantitative estimate of drug-likeness (QED) is 0.607. The number of hydrogen-bond acceptors (Lipinski definition) is 4. The first-order valence-electron chi connectivity index (χ1n) is 8.20. The molecule has 0 aromatic heterocycles. The van der Waals surface area contributed by atoms with E-state index in [1.165, 1.54) is 0 Å². The molecule has 0 radical (unpaired) electrons. The number of phenolic OH excluding ortho intramolecular Hbond substituents is 1. The summed E-state index contributed by atoms with van der Waals surface area (Å²) in [7, 11) is 0. The number of amides is 2. The monoisotopic (exact) mass is 335 g/mol. The summed E-state index contributed by atoms with van der Waals surface area (Å²) in [4.78, 5) is 24.8. The number of rotatable bonds is 7. The second kappa shape index (κ2) is 8.01. The Hall–Kier alpha value is -2.28. The molecular weight excluding hydrogens is 310 g/mol. The molecule has 4 N–H and O–H groups in total. The number of benzene rings is 1. The number of nitrogens with one attached hydrogen (secondary N) is 2. The Balaban J connectivity index is 1.75. The maximum atomic E-state index is 12.0. The molecule has 1 unspecified atom stereocenters. The lowest BCUT2D eigenvalue weighted by Gasteiger charge is -2.42. The number of carbonyl (C=O) groups excluding carboxylic acids is 1. The van der Waals surface area contributed by atoms with E-state index in [2.05, 4.69) is 10.6 Å². The molecule has 1 atom stereocenters. The van der Waals surface area contributed by atoms with Crippen LogP contribution in [0, 0.1) is 0 Å². The Labute approximate surface area is 141 Å². The minimum absolute atomic E-state index is 0.0363. The van der Waals surface area contributed by atoms with Gasteiger partial charge in [0.05, 0.1) is 12.6 Å². The molecule has 24 heavy (non-hydrogen) atoms. The van der Waals surface area contributed by atoms with Crippen molar-refractivity contribution in [2.45, 2.75) is 44.8 Å². The van der Waals surface area contributed by atoms with Crippen molar-refractivity contribution in [1.29, 1.82) is 0 Å². The molecule has 0 aliphatic heterocycles. The third-order valence-corrected chi connectivity index (χ3v) is 4.43. The standard InChI is InChI=1S/C17H25N3O4/c1-3-20(10-16(22)23)14-8-13(9-14)19-17(24)18-11(2)12-5-4-6-15(21)7-12/h4-7,11,13-14,21H,3,8-10H2,1-2H3,(H,22,23)(H2,18,19,24). The van der Waals surface area contributed by atoms with E-state index in [1.54, 1.807) is 18.2 Å². The van der Waals surface area contributed by atoms with Crippen LogP contribution in [-0.2, 0) is 4.79 Å². The summed E-state index contributed by atoms with van der Waals surface area (Å²) in [6.07, 6.45) is 1.52. The highest BCUT2D eigenvalue weighted by atomic mass is 16.4. The van der Waals surface area contributed by atoms with Crippen molar-refractivity contribution in [1.82, 2.24) is 15.5 Å². The maximum Gasteiger partial charge on any atom is 0.317 e. The van der Waals surface area contributed by atoms with Crippen LogP contribution in [-0.4, -0.2) is 52.3 Å². The molecule has 1 fully saturated rings. The lowest BCUT2D eigenvalue weighted by Crippen LogP contribution is -2.56. The van der Waals surface area contributed by atoms with Gasteiger partial charge in [-0.25, -0.2) is 4.79 Å². The molecule has 1 aromatic carbocycles. The Morgan fingerprint density at radius 1 is 1.38 bits per heavy atom. The number of hydrogen-bond donors (Lipinski definition) is 4. The molecular formula is C17H25N3O4. The van der Waals surface area contributed by atoms with Gasteiger partial charge in [0, 0.05) is 12.1 Å². The number of nitrogens with zero attached hydrogens (tertiary/aromatic N) is 1. The van der Waals surface area contributed by atoms with Crippen molar-refractivity contribution in [2.75, 3.05) is 13.1 Å². The Kier molecular flexibility index (Phi) is 6.03. The minimum Gasteiger partial charge on any atom is -0.508 e. The van der Waals surface area contributed by atoms with Crippen LogP contribution >= 0.6 is 0 Å². The zero-order valence-electron chi connectivity index (χ0n) is 14.0. The van der Waals surface area contributed by atoms with E-state index >= 15 is 0 Å². The minimum atomic E-state index is -0.828. The third-order valence-electron chi connectivity index (χ3n) is 4.43. The average molecular weight is 335 g/mol. The van der Waals surface area contributed by atoms with E-state index < -0.39 is 5.97 Å². The first-order valence-corrected chi connectivity index (χ1v) is 8.20. The first-order chi connectivity index (χ1) is 11.4. The topological polar surface area (TPSA) is 102 Å². The summed E-state index contributed by atoms with van der Waals surface area (Å²) in [6, 6.07) is 6.59. The molecule has 0 spiro atoms. The summed E-state index contributed by atoms with van der Waals surface area (Å²) in [5.74, 6) is -0.660. The molecule has 1 aliphatic rings. The average Bonchev–Trinajstić information content (AvgIpc) is 2.48. The molecule has 7 heteroatoms. The molecule has 2 rings (SSSR count). The van der Waals surface area contributed by atoms with Crippen LogP contribution in [0.4, 0.5) is 4.79 Å². The van der Waals surface area contributed by atoms with E-state index in [-0.39, 0.29) is 36.5 Å². The summed E-state index contributed by atoms with van der Waals surface area (Å²) in [5, 5.41) is 24.1. The number of carboxylic acid groups (broad SMARTS) is 1. The van der Waals surface area contributed by atoms with Crippen molar-refractivity contribution in [3.63, 3.8) is 0 Å². The molecule has 132 valence electrons. The number of urea groups is 1. The highest BCUT2D eigenvalue weighted by molar-refractivity contribution is 5.75. The van der Waals surface area contributed by atoms with E-state index in [1.807, 2.05) is 24.8 Å². The van der Waals surface area contributed by atoms with E-state index in [0.717, 1.165) is 18.4 Å². The third kappa shape index (κ3) is 4.86. The van der Waals surface area contributed by atoms with Crippen molar-refractivity contribution < 1.29 is 19.8 Å². The van der Waals surface area contributed by atoms with E-state index in [0.29, 0.717) is 6.54 Å². The predicted octanol–water partition coefficient (Wildman–Crippen LogP) is 1.69. The number of aliphatic carboxylic acids is 1. The Morgan fingerprint density at radius 3 is 2.67 bits per heavy atom. The second-order valence-corrected chi connectivity index (χ2v) is 6.21. The van der Waals surface area contributed by atoms with Gasteiger partial charge in [0.25, 0.3) is 0 Å². The summed E-state index contributed by atoms with van der Waals surface area (Å²) in [5.41, 5.74) is 0.829. The molecule has 7 nitrogen and oxygen atoms in total. The zero-order valence-corrected chi connectivity index (χ0v) is 14.0. The van der Waals surface area contributed by atoms with Gasteiger partial charge < -0.3 is 20.8 Å². The lowest BCUT2D eigenvalue weighted by molar-refractivity contribution is -0.139. The second-order valence-electron chi connectivity index (χ2n) is 6.21. The van der Waals surface area contributed by atoms with Crippen LogP contribution in [0.15, 0.2) is 24.3 Å². The fourth-order valence-electron chi connectivity index (χ4n) is 2.98. The highest BCUT2D eigenvalue weighted by Gasteiger charge is 2.34. The summed E-state index contributed by atoms with van der Waals surface area (Å²) < 4.78 is 0. The Bertz CT molecular complexity index is 587. The van der Waals surface area contributed by atoms with Crippen LogP contribution in [0.2, 0.25) is 0 Å². The van der Waals surface area contributed by atoms with Crippen molar-refractivity contribution >= 4 is 12.0 Å². The first kappa shape index (κ1) is 18.1. The van der Waals surface area contributed by atoms with Crippen molar-refractivity contribution in [3.8, 4) is 5.75 Å². The molecule has 0 heterocycles. The van der Waals surface area contributed by atoms with E-state index in [4.69, 9.17) is 5.11 Å². The molecule has 1 aromatic rings. The number of carbonyl (C=O) groups is 2. The van der Waals surface area contributed by atoms with E-state index in [9.17, 15) is 14.7 Å². The SMILES string of the molecule is CCN(CC(=O)O)C1CC(NC(=O)NC(C)c2cccc(O)c2)C1. The largest absolute Gasteiger partial charge is 0.508 e. The van der Waals surface area contributed by atoms with Gasteiger partial charge in [-0.05, 0) is 44.0 Å². The number of phenols is 1. The van der Waals surface area contributed by atoms with Gasteiger partial charge in [0.2, 0.25) is 0 Å². The van der Waals surface area contributed by atoms with Gasteiger partial charge in [-0.3, -0.25) is 9.69 Å². The molecule has 1 saturated carbocycles. The van der Waals surface area contributed by atoms with Crippen LogP contribution in [0.25, 0.3) is 0 Å². The number of aromatic hydroxyl groups is 1. The van der Waals surface area contributed by atoms with Crippen LogP contribution in [0.3, 0.4) is 0 Å². The van der Waals surface area contributed by atoms with Crippen molar-refractivity contribution in [3.05, 3.63) is 29.8 Å². The highest BCUT2D eigenvalue weighted by Crippen LogP contribution is 2.25. The van der Waals surface area contributed by atoms with Gasteiger partial charge >= 0.3 is 12.0 Å². The van der Waals surface area contributed by atoms with Crippen LogP contribution < -0.4 is 10.6 Å². The van der Waals surface area contributed by atoms with Crippen LogP contribution in [0.1, 0.15) is 38.3 Å². The fourth-order valence-corrected chi connectivity index (χ4v) is 2.98. The Morgan fingerprint density at radius 2 is 2.08 bits per heavy atom. The van der Waals surface area contributed by atoms with Gasteiger partial charge in [-0.15, -0.1) is 0 Å². The van der Waals surface area contributed by atoms with Gasteiger partial charge in [-0.2, -0.15) is 0 Å². The fraction of sp³-hybridized carbons (Fsp3) is 0.529. The molecule has 1 aliphatic carbocycles. The molecule has 0 saturated heterocycles. The summed E-state index contributed by atoms with van der Waals surface area (Å²) in [6.45, 7) is 4.51. The van der Waals surface area contributed by atoms with Crippen molar-refractivity contribution in [2.24, 2.45) is 0 Å². The number of carboxylic acids is 1. The predicted molar refractivity (Wildman–Crippen MR) is 89.9 cm³/mol. The lowest BCUT2D eigenvalue weighted by atomic mass is 9.85. The smallest absolute Gasteiger partial charge is 0.317 e. The van der Waals surface area contributed by atoms with Gasteiger partial charge in [0.15, 0.2) is 0 Å². The normalized spacial score (nSPS) is 21.0. The summed E-state index contributed by atoms with van der Waals surface area (Å²) >= 11 is 0. The molecule has 0 bridgehead atoms. The van der Waals surface area contributed by atoms with Gasteiger partial charge in [0.1, 0.15) is 5.75 Å². The number of likely N-dealkylation sites (N-methyl/N-ethyl adjacent to an activating group) is 1. The van der Waals surface area contributed by atoms with Crippen LogP contribution in [0.5, 0.6) is 5.75 Å².